The number of benzene rings is 1. The van der Waals surface area contributed by atoms with Gasteiger partial charge in [-0.25, -0.2) is 9.79 Å². The summed E-state index contributed by atoms with van der Waals surface area (Å²) >= 11 is 0. The zero-order chi connectivity index (χ0) is 19.0. The highest BCUT2D eigenvalue weighted by Crippen LogP contribution is 2.17. The van der Waals surface area contributed by atoms with Gasteiger partial charge in [-0.1, -0.05) is 12.1 Å². The molecule has 26 heavy (non-hydrogen) atoms. The van der Waals surface area contributed by atoms with Crippen LogP contribution in [0.25, 0.3) is 6.08 Å². The Labute approximate surface area is 154 Å². The maximum Gasteiger partial charge on any atom is 0.349 e. The van der Waals surface area contributed by atoms with Crippen molar-refractivity contribution in [3.8, 4) is 6.07 Å². The van der Waals surface area contributed by atoms with Gasteiger partial charge in [0, 0.05) is 18.8 Å². The maximum absolute atomic E-state index is 12.1. The Balaban J connectivity index is 1.98. The number of aliphatic imine (C=N–C) groups is 1. The normalized spacial score (nSPS) is 18.6. The summed E-state index contributed by atoms with van der Waals surface area (Å²) in [4.78, 5) is 18.4. The highest BCUT2D eigenvalue weighted by atomic mass is 16.5. The SMILES string of the molecule is CCN(CC)c1ccc(/C=C(/C#N)C(=O)OCC[N+]2(C)C=CN=C2)cc1. The molecule has 0 bridgehead atoms. The lowest BCUT2D eigenvalue weighted by Crippen LogP contribution is -2.38. The minimum atomic E-state index is -0.605. The van der Waals surface area contributed by atoms with Gasteiger partial charge in [-0.2, -0.15) is 5.26 Å². The molecule has 1 aliphatic rings. The van der Waals surface area contributed by atoms with Gasteiger partial charge in [0.25, 0.3) is 0 Å². The number of hydrogen-bond donors (Lipinski definition) is 0. The van der Waals surface area contributed by atoms with Crippen molar-refractivity contribution in [2.45, 2.75) is 13.8 Å². The van der Waals surface area contributed by atoms with E-state index in [9.17, 15) is 10.1 Å². The first kappa shape index (κ1) is 19.4. The lowest BCUT2D eigenvalue weighted by molar-refractivity contribution is -0.756. The number of anilines is 1. The number of carbonyl (C=O) groups excluding carboxylic acids is 1. The predicted molar refractivity (Wildman–Crippen MR) is 103 cm³/mol. The molecule has 1 unspecified atom stereocenters. The lowest BCUT2D eigenvalue weighted by Gasteiger charge is -2.21. The topological polar surface area (TPSA) is 65.7 Å². The third-order valence-electron chi connectivity index (χ3n) is 4.30. The molecule has 136 valence electrons. The van der Waals surface area contributed by atoms with Crippen LogP contribution < -0.4 is 4.90 Å². The van der Waals surface area contributed by atoms with Crippen LogP contribution in [0.4, 0.5) is 5.69 Å². The highest BCUT2D eigenvalue weighted by molar-refractivity contribution is 5.97. The first-order valence-electron chi connectivity index (χ1n) is 8.72. The first-order valence-corrected chi connectivity index (χ1v) is 8.72. The molecule has 0 saturated heterocycles. The summed E-state index contributed by atoms with van der Waals surface area (Å²) in [5.41, 5.74) is 1.91. The van der Waals surface area contributed by atoms with Crippen molar-refractivity contribution in [2.24, 2.45) is 4.99 Å². The third-order valence-corrected chi connectivity index (χ3v) is 4.30. The molecule has 6 heteroatoms. The molecule has 1 aromatic rings. The zero-order valence-corrected chi connectivity index (χ0v) is 15.6. The minimum absolute atomic E-state index is 0.00567. The van der Waals surface area contributed by atoms with E-state index in [0.29, 0.717) is 11.0 Å². The summed E-state index contributed by atoms with van der Waals surface area (Å²) in [6.07, 6.45) is 6.95. The number of carbonyl (C=O) groups is 1. The molecule has 0 N–H and O–H groups in total. The van der Waals surface area contributed by atoms with Crippen LogP contribution in [-0.2, 0) is 9.53 Å². The van der Waals surface area contributed by atoms with E-state index in [2.05, 4.69) is 23.7 Å². The van der Waals surface area contributed by atoms with E-state index in [-0.39, 0.29) is 12.2 Å². The summed E-state index contributed by atoms with van der Waals surface area (Å²) in [5.74, 6) is -0.605. The monoisotopic (exact) mass is 353 g/mol. The van der Waals surface area contributed by atoms with Gasteiger partial charge < -0.3 is 9.64 Å². The summed E-state index contributed by atoms with van der Waals surface area (Å²) in [6, 6.07) is 9.70. The van der Waals surface area contributed by atoms with Crippen LogP contribution >= 0.6 is 0 Å². The van der Waals surface area contributed by atoms with Crippen LogP contribution in [0.15, 0.2) is 47.2 Å². The van der Waals surface area contributed by atoms with Gasteiger partial charge in [0.15, 0.2) is 6.34 Å². The highest BCUT2D eigenvalue weighted by Gasteiger charge is 2.20. The van der Waals surface area contributed by atoms with Crippen LogP contribution in [0.5, 0.6) is 0 Å². The molecular weight excluding hydrogens is 328 g/mol. The molecule has 0 spiro atoms. The Bertz CT molecular complexity index is 741. The van der Waals surface area contributed by atoms with E-state index in [1.165, 1.54) is 0 Å². The Morgan fingerprint density at radius 3 is 2.54 bits per heavy atom. The van der Waals surface area contributed by atoms with E-state index in [1.807, 2.05) is 43.6 Å². The van der Waals surface area contributed by atoms with E-state index >= 15 is 0 Å². The lowest BCUT2D eigenvalue weighted by atomic mass is 10.1. The molecule has 0 fully saturated rings. The van der Waals surface area contributed by atoms with E-state index in [4.69, 9.17) is 4.74 Å². The molecule has 1 aliphatic heterocycles. The zero-order valence-electron chi connectivity index (χ0n) is 15.6. The number of nitriles is 1. The first-order chi connectivity index (χ1) is 12.5. The van der Waals surface area contributed by atoms with Crippen molar-refractivity contribution >= 4 is 24.1 Å². The number of rotatable bonds is 8. The Kier molecular flexibility index (Phi) is 6.70. The Hall–Kier alpha value is -2.91. The predicted octanol–water partition coefficient (Wildman–Crippen LogP) is 2.94. The smallest absolute Gasteiger partial charge is 0.349 e. The van der Waals surface area contributed by atoms with Crippen molar-refractivity contribution in [3.05, 3.63) is 47.8 Å². The quantitative estimate of drug-likeness (QED) is 0.312. The van der Waals surface area contributed by atoms with Crippen molar-refractivity contribution in [1.82, 2.24) is 0 Å². The molecule has 1 aromatic carbocycles. The number of hydrogen-bond acceptors (Lipinski definition) is 5. The average molecular weight is 353 g/mol. The molecule has 0 radical (unpaired) electrons. The number of nitrogens with zero attached hydrogens (tertiary/aromatic N) is 4. The van der Waals surface area contributed by atoms with Crippen LogP contribution in [0, 0.1) is 11.3 Å². The molecular formula is C20H25N4O2+. The molecule has 2 rings (SSSR count). The van der Waals surface area contributed by atoms with Crippen LogP contribution in [0.3, 0.4) is 0 Å². The van der Waals surface area contributed by atoms with Crippen molar-refractivity contribution in [1.29, 1.82) is 5.26 Å². The van der Waals surface area contributed by atoms with Crippen molar-refractivity contribution < 1.29 is 14.0 Å². The molecule has 6 nitrogen and oxygen atoms in total. The summed E-state index contributed by atoms with van der Waals surface area (Å²) in [6.45, 7) is 6.85. The molecule has 1 heterocycles. The van der Waals surface area contributed by atoms with Gasteiger partial charge in [-0.3, -0.25) is 4.48 Å². The van der Waals surface area contributed by atoms with Crippen LogP contribution in [-0.4, -0.2) is 50.1 Å². The molecule has 0 saturated carbocycles. The standard InChI is InChI=1S/C20H25N4O2/c1-4-23(5-2)19-8-6-17(7-9-19)14-18(15-21)20(25)26-13-12-24(3)11-10-22-16-24/h6-11,14,16H,4-5,12-13H2,1-3H3/q+1/b18-14-. The number of ether oxygens (including phenoxy) is 1. The fourth-order valence-electron chi connectivity index (χ4n) is 2.64. The Morgan fingerprint density at radius 1 is 1.31 bits per heavy atom. The summed E-state index contributed by atoms with van der Waals surface area (Å²) in [5, 5.41) is 9.27. The van der Waals surface area contributed by atoms with Gasteiger partial charge >= 0.3 is 5.97 Å². The Morgan fingerprint density at radius 2 is 2.00 bits per heavy atom. The second-order valence-corrected chi connectivity index (χ2v) is 6.20. The van der Waals surface area contributed by atoms with Gasteiger partial charge in [-0.15, -0.1) is 0 Å². The molecule has 0 amide bonds. The van der Waals surface area contributed by atoms with Gasteiger partial charge in [0.1, 0.15) is 31.0 Å². The fourth-order valence-corrected chi connectivity index (χ4v) is 2.64. The number of quaternary nitrogens is 1. The molecule has 0 aromatic heterocycles. The summed E-state index contributed by atoms with van der Waals surface area (Å²) < 4.78 is 5.72. The second kappa shape index (κ2) is 8.97. The van der Waals surface area contributed by atoms with Crippen molar-refractivity contribution in [2.75, 3.05) is 38.2 Å². The minimum Gasteiger partial charge on any atom is -0.456 e. The average Bonchev–Trinajstić information content (AvgIpc) is 3.08. The van der Waals surface area contributed by atoms with Crippen LogP contribution in [0.1, 0.15) is 19.4 Å². The molecule has 0 aliphatic carbocycles. The van der Waals surface area contributed by atoms with Gasteiger partial charge in [-0.05, 0) is 37.6 Å². The fraction of sp³-hybridized carbons (Fsp3) is 0.350. The molecule has 1 atom stereocenters. The van der Waals surface area contributed by atoms with E-state index in [1.54, 1.807) is 18.6 Å². The van der Waals surface area contributed by atoms with Crippen LogP contribution in [0.2, 0.25) is 0 Å². The van der Waals surface area contributed by atoms with Gasteiger partial charge in [0.05, 0.1) is 13.2 Å². The van der Waals surface area contributed by atoms with E-state index < -0.39 is 5.97 Å². The maximum atomic E-state index is 12.1. The number of esters is 1. The van der Waals surface area contributed by atoms with E-state index in [0.717, 1.165) is 24.3 Å². The summed E-state index contributed by atoms with van der Waals surface area (Å²) in [7, 11) is 1.96. The van der Waals surface area contributed by atoms with Crippen molar-refractivity contribution in [3.63, 3.8) is 0 Å². The third kappa shape index (κ3) is 5.04. The largest absolute Gasteiger partial charge is 0.456 e. The second-order valence-electron chi connectivity index (χ2n) is 6.20. The number of likely N-dealkylation sites (N-methyl/N-ethyl adjacent to an activating group) is 1. The van der Waals surface area contributed by atoms with Gasteiger partial charge in [0.2, 0.25) is 0 Å².